The SMILES string of the molecule is COc1ccc(N2CCN(CCCNC(=O)c3cccc(OC)c3OC)CC2)cc1. The smallest absolute Gasteiger partial charge is 0.255 e. The standard InChI is InChI=1S/C23H31N3O4/c1-28-19-10-8-18(9-11-19)26-16-14-25(15-17-26)13-5-12-24-23(27)20-6-4-7-21(29-2)22(20)30-3/h4,6-11H,5,12-17H2,1-3H3,(H,24,27). The van der Waals surface area contributed by atoms with Crippen molar-refractivity contribution >= 4 is 11.6 Å². The van der Waals surface area contributed by atoms with Gasteiger partial charge in [-0.1, -0.05) is 6.07 Å². The van der Waals surface area contributed by atoms with Gasteiger partial charge in [-0.2, -0.15) is 0 Å². The summed E-state index contributed by atoms with van der Waals surface area (Å²) in [5.74, 6) is 1.76. The Labute approximate surface area is 178 Å². The molecule has 0 atom stereocenters. The third kappa shape index (κ3) is 5.36. The highest BCUT2D eigenvalue weighted by molar-refractivity contribution is 5.97. The zero-order valence-corrected chi connectivity index (χ0v) is 18.0. The molecule has 1 amide bonds. The number of carbonyl (C=O) groups is 1. The van der Waals surface area contributed by atoms with Crippen LogP contribution in [0.4, 0.5) is 5.69 Å². The van der Waals surface area contributed by atoms with Crippen molar-refractivity contribution in [2.24, 2.45) is 0 Å². The fourth-order valence-corrected chi connectivity index (χ4v) is 3.69. The largest absolute Gasteiger partial charge is 0.497 e. The maximum absolute atomic E-state index is 12.5. The van der Waals surface area contributed by atoms with Gasteiger partial charge in [0.05, 0.1) is 26.9 Å². The molecule has 2 aromatic rings. The van der Waals surface area contributed by atoms with Crippen molar-refractivity contribution in [1.29, 1.82) is 0 Å². The molecule has 30 heavy (non-hydrogen) atoms. The minimum absolute atomic E-state index is 0.143. The Morgan fingerprint density at radius 3 is 2.30 bits per heavy atom. The Morgan fingerprint density at radius 1 is 0.933 bits per heavy atom. The molecule has 0 aromatic heterocycles. The zero-order valence-electron chi connectivity index (χ0n) is 18.0. The number of methoxy groups -OCH3 is 3. The number of hydrogen-bond acceptors (Lipinski definition) is 6. The van der Waals surface area contributed by atoms with Crippen LogP contribution >= 0.6 is 0 Å². The van der Waals surface area contributed by atoms with Crippen molar-refractivity contribution < 1.29 is 19.0 Å². The summed E-state index contributed by atoms with van der Waals surface area (Å²) in [5, 5.41) is 2.99. The minimum Gasteiger partial charge on any atom is -0.497 e. The van der Waals surface area contributed by atoms with Crippen LogP contribution in [-0.2, 0) is 0 Å². The van der Waals surface area contributed by atoms with Crippen molar-refractivity contribution in [3.8, 4) is 17.2 Å². The maximum Gasteiger partial charge on any atom is 0.255 e. The molecule has 0 bridgehead atoms. The number of amides is 1. The highest BCUT2D eigenvalue weighted by atomic mass is 16.5. The van der Waals surface area contributed by atoms with E-state index < -0.39 is 0 Å². The molecule has 0 unspecified atom stereocenters. The van der Waals surface area contributed by atoms with Gasteiger partial charge in [0, 0.05) is 38.4 Å². The van der Waals surface area contributed by atoms with Crippen LogP contribution in [0.25, 0.3) is 0 Å². The second-order valence-electron chi connectivity index (χ2n) is 7.18. The van der Waals surface area contributed by atoms with Gasteiger partial charge >= 0.3 is 0 Å². The highest BCUT2D eigenvalue weighted by Crippen LogP contribution is 2.30. The van der Waals surface area contributed by atoms with Crippen molar-refractivity contribution in [3.63, 3.8) is 0 Å². The first-order valence-corrected chi connectivity index (χ1v) is 10.3. The summed E-state index contributed by atoms with van der Waals surface area (Å²) < 4.78 is 15.8. The second-order valence-corrected chi connectivity index (χ2v) is 7.18. The summed E-state index contributed by atoms with van der Waals surface area (Å²) in [7, 11) is 4.79. The fraction of sp³-hybridized carbons (Fsp3) is 0.435. The Bertz CT molecular complexity index is 818. The predicted molar refractivity (Wildman–Crippen MR) is 118 cm³/mol. The number of nitrogens with zero attached hydrogens (tertiary/aromatic N) is 2. The Morgan fingerprint density at radius 2 is 1.67 bits per heavy atom. The van der Waals surface area contributed by atoms with E-state index in [0.717, 1.165) is 44.9 Å². The number of anilines is 1. The predicted octanol–water partition coefficient (Wildman–Crippen LogP) is 2.65. The lowest BCUT2D eigenvalue weighted by atomic mass is 10.1. The third-order valence-electron chi connectivity index (χ3n) is 5.39. The van der Waals surface area contributed by atoms with E-state index in [2.05, 4.69) is 27.2 Å². The molecule has 0 radical (unpaired) electrons. The van der Waals surface area contributed by atoms with E-state index in [1.807, 2.05) is 12.1 Å². The topological polar surface area (TPSA) is 63.3 Å². The molecule has 1 aliphatic rings. The molecule has 1 heterocycles. The first-order chi connectivity index (χ1) is 14.7. The van der Waals surface area contributed by atoms with Crippen molar-refractivity contribution in [2.45, 2.75) is 6.42 Å². The summed E-state index contributed by atoms with van der Waals surface area (Å²) in [6.07, 6.45) is 0.903. The van der Waals surface area contributed by atoms with Crippen LogP contribution in [0.5, 0.6) is 17.2 Å². The number of nitrogens with one attached hydrogen (secondary N) is 1. The van der Waals surface area contributed by atoms with Crippen molar-refractivity contribution in [3.05, 3.63) is 48.0 Å². The molecule has 7 heteroatoms. The molecule has 0 spiro atoms. The van der Waals surface area contributed by atoms with Crippen LogP contribution in [0.15, 0.2) is 42.5 Å². The summed E-state index contributed by atoms with van der Waals surface area (Å²) in [6.45, 7) is 5.62. The van der Waals surface area contributed by atoms with Crippen molar-refractivity contribution in [2.75, 3.05) is 65.5 Å². The van der Waals surface area contributed by atoms with Gasteiger partial charge in [0.15, 0.2) is 11.5 Å². The molecule has 1 aliphatic heterocycles. The summed E-state index contributed by atoms with van der Waals surface area (Å²) >= 11 is 0. The normalized spacial score (nSPS) is 14.3. The Balaban J connectivity index is 1.40. The summed E-state index contributed by atoms with van der Waals surface area (Å²) in [6, 6.07) is 13.5. The van der Waals surface area contributed by atoms with Gasteiger partial charge in [-0.25, -0.2) is 0 Å². The van der Waals surface area contributed by atoms with E-state index in [-0.39, 0.29) is 5.91 Å². The van der Waals surface area contributed by atoms with E-state index in [1.165, 1.54) is 5.69 Å². The van der Waals surface area contributed by atoms with Gasteiger partial charge in [0.1, 0.15) is 5.75 Å². The second kappa shape index (κ2) is 10.7. The van der Waals surface area contributed by atoms with Crippen LogP contribution < -0.4 is 24.4 Å². The number of para-hydroxylation sites is 1. The Hall–Kier alpha value is -2.93. The number of rotatable bonds is 9. The summed E-state index contributed by atoms with van der Waals surface area (Å²) in [4.78, 5) is 17.4. The van der Waals surface area contributed by atoms with E-state index in [9.17, 15) is 4.79 Å². The molecule has 1 N–H and O–H groups in total. The molecule has 0 saturated carbocycles. The van der Waals surface area contributed by atoms with E-state index in [1.54, 1.807) is 39.5 Å². The van der Waals surface area contributed by atoms with Crippen molar-refractivity contribution in [1.82, 2.24) is 10.2 Å². The lowest BCUT2D eigenvalue weighted by molar-refractivity contribution is 0.0947. The van der Waals surface area contributed by atoms with Gasteiger partial charge in [-0.15, -0.1) is 0 Å². The molecule has 1 saturated heterocycles. The van der Waals surface area contributed by atoms with E-state index in [4.69, 9.17) is 14.2 Å². The monoisotopic (exact) mass is 413 g/mol. The van der Waals surface area contributed by atoms with Gasteiger partial charge in [0.25, 0.3) is 5.91 Å². The lowest BCUT2D eigenvalue weighted by Crippen LogP contribution is -2.47. The van der Waals surface area contributed by atoms with Crippen LogP contribution in [-0.4, -0.2) is 71.4 Å². The van der Waals surface area contributed by atoms with Gasteiger partial charge in [-0.05, 0) is 49.4 Å². The first kappa shape index (κ1) is 21.8. The average Bonchev–Trinajstić information content (AvgIpc) is 2.81. The van der Waals surface area contributed by atoms with Gasteiger partial charge in [-0.3, -0.25) is 9.69 Å². The minimum atomic E-state index is -0.143. The summed E-state index contributed by atoms with van der Waals surface area (Å²) in [5.41, 5.74) is 1.72. The average molecular weight is 414 g/mol. The molecule has 3 rings (SSSR count). The number of hydrogen-bond donors (Lipinski definition) is 1. The molecule has 162 valence electrons. The van der Waals surface area contributed by atoms with Gasteiger partial charge in [0.2, 0.25) is 0 Å². The fourth-order valence-electron chi connectivity index (χ4n) is 3.69. The molecular formula is C23H31N3O4. The molecule has 0 aliphatic carbocycles. The Kier molecular flexibility index (Phi) is 7.79. The van der Waals surface area contributed by atoms with E-state index in [0.29, 0.717) is 23.6 Å². The number of ether oxygens (including phenoxy) is 3. The van der Waals surface area contributed by atoms with Gasteiger partial charge < -0.3 is 24.4 Å². The number of benzene rings is 2. The van der Waals surface area contributed by atoms with Crippen LogP contribution in [0.3, 0.4) is 0 Å². The van der Waals surface area contributed by atoms with Crippen LogP contribution in [0.1, 0.15) is 16.8 Å². The maximum atomic E-state index is 12.5. The molecule has 7 nitrogen and oxygen atoms in total. The molecule has 2 aromatic carbocycles. The third-order valence-corrected chi connectivity index (χ3v) is 5.39. The number of piperazine rings is 1. The number of carbonyl (C=O) groups excluding carboxylic acids is 1. The highest BCUT2D eigenvalue weighted by Gasteiger charge is 2.18. The van der Waals surface area contributed by atoms with Crippen LogP contribution in [0.2, 0.25) is 0 Å². The lowest BCUT2D eigenvalue weighted by Gasteiger charge is -2.36. The first-order valence-electron chi connectivity index (χ1n) is 10.3. The quantitative estimate of drug-likeness (QED) is 0.638. The van der Waals surface area contributed by atoms with Crippen LogP contribution in [0, 0.1) is 0 Å². The zero-order chi connectivity index (χ0) is 21.3. The molecular weight excluding hydrogens is 382 g/mol. The molecule has 1 fully saturated rings. The van der Waals surface area contributed by atoms with E-state index >= 15 is 0 Å².